The highest BCUT2D eigenvalue weighted by Gasteiger charge is 2.24. The molecule has 0 unspecified atom stereocenters. The van der Waals surface area contributed by atoms with Gasteiger partial charge in [-0.3, -0.25) is 0 Å². The number of aromatic nitrogens is 4. The second kappa shape index (κ2) is 12.4. The van der Waals surface area contributed by atoms with Crippen LogP contribution in [0.3, 0.4) is 0 Å². The normalized spacial score (nSPS) is 13.6. The third-order valence-corrected chi connectivity index (χ3v) is 9.99. The Morgan fingerprint density at radius 1 is 0.571 bits per heavy atom. The minimum atomic E-state index is 0.713. The number of hydrogen-bond donors (Lipinski definition) is 3. The summed E-state index contributed by atoms with van der Waals surface area (Å²) in [6.45, 7) is 18.8. The third-order valence-electron chi connectivity index (χ3n) is 9.21. The van der Waals surface area contributed by atoms with E-state index in [4.69, 9.17) is 23.2 Å². The summed E-state index contributed by atoms with van der Waals surface area (Å²) in [5.74, 6) is 0. The Kier molecular flexibility index (Phi) is 9.06. The van der Waals surface area contributed by atoms with E-state index < -0.39 is 0 Å². The van der Waals surface area contributed by atoms with Crippen molar-refractivity contribution in [2.24, 2.45) is 0 Å². The summed E-state index contributed by atoms with van der Waals surface area (Å²) in [4.78, 5) is 11.4. The van der Waals surface area contributed by atoms with Gasteiger partial charge in [0.1, 0.15) is 0 Å². The van der Waals surface area contributed by atoms with Crippen LogP contribution in [0, 0.1) is 0 Å². The van der Waals surface area contributed by atoms with Crippen molar-refractivity contribution in [2.75, 3.05) is 0 Å². The summed E-state index contributed by atoms with van der Waals surface area (Å²) in [7, 11) is 0. The molecule has 5 heterocycles. The van der Waals surface area contributed by atoms with Crippen LogP contribution < -0.4 is 21.4 Å². The van der Waals surface area contributed by atoms with Gasteiger partial charge in [0.05, 0.1) is 32.2 Å². The van der Waals surface area contributed by atoms with Crippen molar-refractivity contribution in [2.45, 2.75) is 107 Å². The van der Waals surface area contributed by atoms with E-state index in [-0.39, 0.29) is 0 Å². The van der Waals surface area contributed by atoms with Gasteiger partial charge in [0.15, 0.2) is 0 Å². The number of fused-ring (bicyclic) bond motifs is 8. The highest BCUT2D eigenvalue weighted by atomic mass is 35.5. The Bertz CT molecular complexity index is 1890. The van der Waals surface area contributed by atoms with Gasteiger partial charge >= 0.3 is 0 Å². The summed E-state index contributed by atoms with van der Waals surface area (Å²) in [5, 5.41) is 6.10. The molecular formula is C36H46Cl2N4. The van der Waals surface area contributed by atoms with Crippen LogP contribution in [-0.2, 0) is 38.6 Å². The molecule has 0 saturated carbocycles. The average molecular weight is 606 g/mol. The summed E-state index contributed by atoms with van der Waals surface area (Å²) in [6.07, 6.45) is 6.41. The van der Waals surface area contributed by atoms with E-state index in [0.29, 0.717) is 5.03 Å². The highest BCUT2D eigenvalue weighted by molar-refractivity contribution is 6.48. The van der Waals surface area contributed by atoms with Crippen LogP contribution in [0.4, 0.5) is 0 Å². The molecule has 8 bridgehead atoms. The van der Waals surface area contributed by atoms with E-state index in [1.54, 1.807) is 0 Å². The maximum atomic E-state index is 7.64. The van der Waals surface area contributed by atoms with E-state index in [0.717, 1.165) is 89.7 Å². The summed E-state index contributed by atoms with van der Waals surface area (Å²) < 4.78 is 2.47. The molecule has 0 aromatic carbocycles. The monoisotopic (exact) mass is 604 g/mol. The largest absolute Gasteiger partial charge is 0.354 e. The first-order valence-corrected chi connectivity index (χ1v) is 16.8. The summed E-state index contributed by atoms with van der Waals surface area (Å²) in [5.41, 5.74) is 13.6. The van der Waals surface area contributed by atoms with Crippen molar-refractivity contribution in [3.63, 3.8) is 0 Å². The smallest absolute Gasteiger partial charge is 0.0883 e. The zero-order chi connectivity index (χ0) is 30.3. The van der Waals surface area contributed by atoms with Gasteiger partial charge in [-0.2, -0.15) is 0 Å². The molecule has 0 aliphatic carbocycles. The molecule has 4 aromatic rings. The number of nitrogens with one attached hydrogen (secondary N) is 3. The van der Waals surface area contributed by atoms with Crippen LogP contribution >= 0.6 is 23.2 Å². The fourth-order valence-electron chi connectivity index (χ4n) is 7.29. The Morgan fingerprint density at radius 2 is 1.17 bits per heavy atom. The number of hydrogen-bond acceptors (Lipinski definition) is 0. The molecule has 4 nitrogen and oxygen atoms in total. The standard InChI is InChI=1S/C36H46Cl2N4/c1-9-20-19-29-30(37)28-18-17-27(39-28)25(14-6)35-23(12-4)24(13-5)36(42(35)16-8)31(38)34-22(11-3)21(10-2)33(41-34)26(15-7)32(20)40-29/h17-19,39-41H,9-16H2,1-8H3. The third kappa shape index (κ3) is 4.66. The molecule has 3 N–H and O–H groups in total. The van der Waals surface area contributed by atoms with E-state index in [9.17, 15) is 0 Å². The van der Waals surface area contributed by atoms with Gasteiger partial charge in [0.25, 0.3) is 0 Å². The first-order valence-electron chi connectivity index (χ1n) is 16.0. The van der Waals surface area contributed by atoms with Gasteiger partial charge in [0, 0.05) is 28.6 Å². The lowest BCUT2D eigenvalue weighted by molar-refractivity contribution is 0.712. The molecule has 5 rings (SSSR count). The minimum absolute atomic E-state index is 0.713. The summed E-state index contributed by atoms with van der Waals surface area (Å²) >= 11 is 14.8. The minimum Gasteiger partial charge on any atom is -0.354 e. The Morgan fingerprint density at radius 3 is 1.74 bits per heavy atom. The molecule has 0 amide bonds. The Balaban J connectivity index is 2.13. The lowest BCUT2D eigenvalue weighted by Gasteiger charge is -2.10. The lowest BCUT2D eigenvalue weighted by atomic mass is 9.97. The molecule has 0 atom stereocenters. The van der Waals surface area contributed by atoms with Gasteiger partial charge in [-0.15, -0.1) is 0 Å². The van der Waals surface area contributed by atoms with E-state index in [1.807, 2.05) is 0 Å². The number of nitrogens with zero attached hydrogens (tertiary/aromatic N) is 1. The van der Waals surface area contributed by atoms with Gasteiger partial charge in [-0.05, 0) is 109 Å². The lowest BCUT2D eigenvalue weighted by Crippen LogP contribution is -2.31. The van der Waals surface area contributed by atoms with Crippen LogP contribution in [0.2, 0.25) is 0 Å². The molecule has 4 aromatic heterocycles. The van der Waals surface area contributed by atoms with Crippen molar-refractivity contribution in [1.29, 1.82) is 0 Å². The van der Waals surface area contributed by atoms with E-state index in [2.05, 4.69) is 93.1 Å². The zero-order valence-electron chi connectivity index (χ0n) is 26.6. The fraction of sp³-hybridized carbons (Fsp3) is 0.444. The topological polar surface area (TPSA) is 52.3 Å². The van der Waals surface area contributed by atoms with E-state index in [1.165, 1.54) is 50.0 Å². The fourth-order valence-corrected chi connectivity index (χ4v) is 7.88. The maximum Gasteiger partial charge on any atom is 0.0883 e. The molecule has 6 heteroatoms. The van der Waals surface area contributed by atoms with Crippen LogP contribution in [-0.4, -0.2) is 19.5 Å². The van der Waals surface area contributed by atoms with Crippen LogP contribution in [0.15, 0.2) is 18.2 Å². The Hall–Kier alpha value is -2.82. The molecule has 1 aliphatic rings. The van der Waals surface area contributed by atoms with Gasteiger partial charge < -0.3 is 19.5 Å². The Labute approximate surface area is 260 Å². The van der Waals surface area contributed by atoms with Crippen molar-refractivity contribution in [3.8, 4) is 0 Å². The summed E-state index contributed by atoms with van der Waals surface area (Å²) in [6, 6.07) is 6.53. The van der Waals surface area contributed by atoms with Gasteiger partial charge in [0.2, 0.25) is 0 Å². The van der Waals surface area contributed by atoms with Crippen molar-refractivity contribution >= 4 is 44.4 Å². The van der Waals surface area contributed by atoms with Gasteiger partial charge in [-0.25, -0.2) is 0 Å². The SMILES string of the molecule is CCC1=c2[nH]c(cc2CC)=C(Cl)c2ccc([nH]2)C(CC)=c2c(CC)c(CC)c(n2CC)=C(Cl)c2[nH]c1c(CC)c2CC. The van der Waals surface area contributed by atoms with Crippen molar-refractivity contribution < 1.29 is 0 Å². The van der Waals surface area contributed by atoms with Crippen LogP contribution in [0.25, 0.3) is 21.2 Å². The highest BCUT2D eigenvalue weighted by Crippen LogP contribution is 2.32. The maximum absolute atomic E-state index is 7.64. The van der Waals surface area contributed by atoms with Crippen molar-refractivity contribution in [3.05, 3.63) is 90.2 Å². The molecule has 0 saturated heterocycles. The number of rotatable bonds is 8. The van der Waals surface area contributed by atoms with E-state index >= 15 is 0 Å². The second-order valence-electron chi connectivity index (χ2n) is 11.2. The average Bonchev–Trinajstić information content (AvgIpc) is 3.79. The number of H-pyrrole nitrogens is 3. The van der Waals surface area contributed by atoms with Crippen LogP contribution in [0.5, 0.6) is 0 Å². The number of aryl methyl sites for hydroxylation is 1. The molecule has 42 heavy (non-hydrogen) atoms. The first-order chi connectivity index (χ1) is 20.3. The molecule has 1 aliphatic heterocycles. The quantitative estimate of drug-likeness (QED) is 0.202. The number of halogens is 2. The predicted molar refractivity (Wildman–Crippen MR) is 180 cm³/mol. The first kappa shape index (κ1) is 30.6. The molecule has 0 spiro atoms. The molecular weight excluding hydrogens is 559 g/mol. The molecule has 224 valence electrons. The predicted octanol–water partition coefficient (Wildman–Crippen LogP) is 6.63. The van der Waals surface area contributed by atoms with Gasteiger partial charge in [-0.1, -0.05) is 71.7 Å². The molecule has 0 fully saturated rings. The van der Waals surface area contributed by atoms with Crippen molar-refractivity contribution in [1.82, 2.24) is 19.5 Å². The number of aromatic amines is 3. The van der Waals surface area contributed by atoms with Crippen LogP contribution in [0.1, 0.15) is 119 Å². The zero-order valence-corrected chi connectivity index (χ0v) is 28.1. The second-order valence-corrected chi connectivity index (χ2v) is 11.9. The molecule has 0 radical (unpaired) electrons.